The molecule has 0 atom stereocenters. The van der Waals surface area contributed by atoms with Gasteiger partial charge in [0.1, 0.15) is 0 Å². The van der Waals surface area contributed by atoms with Crippen molar-refractivity contribution in [3.05, 3.63) is 34.9 Å². The third-order valence-electron chi connectivity index (χ3n) is 3.79. The van der Waals surface area contributed by atoms with Crippen molar-refractivity contribution >= 4 is 11.8 Å². The number of hydrogen-bond donors (Lipinski definition) is 1. The maximum absolute atomic E-state index is 12.6. The molecule has 0 radical (unpaired) electrons. The van der Waals surface area contributed by atoms with E-state index in [-0.39, 0.29) is 11.8 Å². The van der Waals surface area contributed by atoms with Gasteiger partial charge in [0.2, 0.25) is 5.91 Å². The van der Waals surface area contributed by atoms with E-state index in [0.29, 0.717) is 17.9 Å². The maximum atomic E-state index is 12.6. The fraction of sp³-hybridized carbons (Fsp3) is 0.600. The Labute approximate surface area is 146 Å². The molecule has 0 saturated carbocycles. The first kappa shape index (κ1) is 20.2. The zero-order chi connectivity index (χ0) is 18.5. The minimum absolute atomic E-state index is 0.0409. The Kier molecular flexibility index (Phi) is 7.00. The van der Waals surface area contributed by atoms with Gasteiger partial charge in [-0.3, -0.25) is 15.0 Å². The molecule has 0 fully saturated rings. The summed E-state index contributed by atoms with van der Waals surface area (Å²) in [6.45, 7) is 14.0. The third kappa shape index (κ3) is 6.34. The van der Waals surface area contributed by atoms with E-state index in [4.69, 9.17) is 0 Å². The van der Waals surface area contributed by atoms with E-state index in [1.54, 1.807) is 0 Å². The van der Waals surface area contributed by atoms with Crippen LogP contribution in [0.15, 0.2) is 18.2 Å². The Morgan fingerprint density at radius 2 is 1.62 bits per heavy atom. The maximum Gasteiger partial charge on any atom is 0.269 e. The number of benzene rings is 1. The Hall–Kier alpha value is -1.84. The van der Waals surface area contributed by atoms with Crippen LogP contribution in [0.2, 0.25) is 0 Å². The van der Waals surface area contributed by atoms with E-state index in [0.717, 1.165) is 24.0 Å². The highest BCUT2D eigenvalue weighted by Gasteiger charge is 2.28. The fourth-order valence-electron chi connectivity index (χ4n) is 2.65. The molecule has 0 aromatic heterocycles. The van der Waals surface area contributed by atoms with Crippen LogP contribution in [0.3, 0.4) is 0 Å². The van der Waals surface area contributed by atoms with Crippen molar-refractivity contribution in [2.75, 3.05) is 0 Å². The van der Waals surface area contributed by atoms with Gasteiger partial charge in [-0.1, -0.05) is 37.5 Å². The number of carbonyl (C=O) groups is 2. The summed E-state index contributed by atoms with van der Waals surface area (Å²) in [6, 6.07) is 5.70. The minimum Gasteiger partial charge on any atom is -0.273 e. The molecule has 1 aromatic carbocycles. The average Bonchev–Trinajstić information content (AvgIpc) is 2.41. The molecule has 134 valence electrons. The van der Waals surface area contributed by atoms with E-state index in [2.05, 4.69) is 19.3 Å². The van der Waals surface area contributed by atoms with Crippen molar-refractivity contribution in [3.8, 4) is 0 Å². The standard InChI is InChI=1S/C20H32N2O2/c1-14(2)9-8-10-18(23)22(20(5,6)7)21-19(24)17-12-15(3)11-16(4)13-17/h11-14H,8-10H2,1-7H3,(H,21,24). The zero-order valence-corrected chi connectivity index (χ0v) is 16.2. The van der Waals surface area contributed by atoms with E-state index in [1.165, 1.54) is 5.01 Å². The number of carbonyl (C=O) groups excluding carboxylic acids is 2. The minimum atomic E-state index is -0.469. The smallest absolute Gasteiger partial charge is 0.269 e. The summed E-state index contributed by atoms with van der Waals surface area (Å²) in [7, 11) is 0. The lowest BCUT2D eigenvalue weighted by atomic mass is 10.0. The molecule has 4 nitrogen and oxygen atoms in total. The van der Waals surface area contributed by atoms with Gasteiger partial charge in [0, 0.05) is 12.0 Å². The fourth-order valence-corrected chi connectivity index (χ4v) is 2.65. The van der Waals surface area contributed by atoms with Crippen molar-refractivity contribution in [1.29, 1.82) is 0 Å². The van der Waals surface area contributed by atoms with Gasteiger partial charge in [-0.2, -0.15) is 0 Å². The lowest BCUT2D eigenvalue weighted by Gasteiger charge is -2.35. The van der Waals surface area contributed by atoms with Crippen molar-refractivity contribution in [3.63, 3.8) is 0 Å². The summed E-state index contributed by atoms with van der Waals surface area (Å²) in [5.41, 5.74) is 4.99. The molecule has 0 saturated heterocycles. The number of rotatable bonds is 5. The summed E-state index contributed by atoms with van der Waals surface area (Å²) in [6.07, 6.45) is 2.29. The second kappa shape index (κ2) is 8.32. The summed E-state index contributed by atoms with van der Waals surface area (Å²) in [5, 5.41) is 1.48. The highest BCUT2D eigenvalue weighted by molar-refractivity contribution is 5.95. The van der Waals surface area contributed by atoms with E-state index >= 15 is 0 Å². The van der Waals surface area contributed by atoms with Crippen molar-refractivity contribution in [2.24, 2.45) is 5.92 Å². The van der Waals surface area contributed by atoms with Crippen LogP contribution in [0.25, 0.3) is 0 Å². The van der Waals surface area contributed by atoms with Gasteiger partial charge in [-0.15, -0.1) is 0 Å². The number of aryl methyl sites for hydroxylation is 2. The molecule has 0 aliphatic carbocycles. The monoisotopic (exact) mass is 332 g/mol. The largest absolute Gasteiger partial charge is 0.273 e. The van der Waals surface area contributed by atoms with Gasteiger partial charge in [0.15, 0.2) is 0 Å². The number of nitrogens with zero attached hydrogens (tertiary/aromatic N) is 1. The lowest BCUT2D eigenvalue weighted by molar-refractivity contribution is -0.139. The van der Waals surface area contributed by atoms with Gasteiger partial charge in [0.05, 0.1) is 5.54 Å². The van der Waals surface area contributed by atoms with Crippen molar-refractivity contribution < 1.29 is 9.59 Å². The Morgan fingerprint density at radius 3 is 2.08 bits per heavy atom. The Morgan fingerprint density at radius 1 is 1.08 bits per heavy atom. The molecule has 1 aromatic rings. The quantitative estimate of drug-likeness (QED) is 0.812. The zero-order valence-electron chi connectivity index (χ0n) is 16.2. The first-order chi connectivity index (χ1) is 11.0. The number of amides is 2. The molecule has 1 rings (SSSR count). The Bertz CT molecular complexity index is 566. The lowest BCUT2D eigenvalue weighted by Crippen LogP contribution is -2.55. The average molecular weight is 332 g/mol. The molecule has 24 heavy (non-hydrogen) atoms. The second-order valence-corrected chi connectivity index (χ2v) is 8.00. The van der Waals surface area contributed by atoms with E-state index in [9.17, 15) is 9.59 Å². The molecule has 0 heterocycles. The summed E-state index contributed by atoms with van der Waals surface area (Å²) in [5.74, 6) is 0.292. The molecule has 0 bridgehead atoms. The molecule has 0 aliphatic rings. The second-order valence-electron chi connectivity index (χ2n) is 8.00. The number of hydrazine groups is 1. The third-order valence-corrected chi connectivity index (χ3v) is 3.79. The molecule has 2 amide bonds. The van der Waals surface area contributed by atoms with Crippen LogP contribution in [0.5, 0.6) is 0 Å². The highest BCUT2D eigenvalue weighted by Crippen LogP contribution is 2.16. The van der Waals surface area contributed by atoms with Crippen LogP contribution in [-0.4, -0.2) is 22.4 Å². The summed E-state index contributed by atoms with van der Waals surface area (Å²) in [4.78, 5) is 25.2. The van der Waals surface area contributed by atoms with Crippen molar-refractivity contribution in [2.45, 2.75) is 73.3 Å². The number of hydrogen-bond acceptors (Lipinski definition) is 2. The van der Waals surface area contributed by atoms with Crippen LogP contribution in [0.4, 0.5) is 0 Å². The highest BCUT2D eigenvalue weighted by atomic mass is 16.2. The van der Waals surface area contributed by atoms with Gasteiger partial charge in [-0.25, -0.2) is 5.01 Å². The number of nitrogens with one attached hydrogen (secondary N) is 1. The molecule has 4 heteroatoms. The van der Waals surface area contributed by atoms with Crippen LogP contribution in [-0.2, 0) is 4.79 Å². The van der Waals surface area contributed by atoms with Crippen LogP contribution in [0, 0.1) is 19.8 Å². The molecular formula is C20H32N2O2. The molecule has 1 N–H and O–H groups in total. The molecular weight excluding hydrogens is 300 g/mol. The SMILES string of the molecule is Cc1cc(C)cc(C(=O)NN(C(=O)CCCC(C)C)C(C)(C)C)c1. The molecule has 0 unspecified atom stereocenters. The first-order valence-electron chi connectivity index (χ1n) is 8.73. The van der Waals surface area contributed by atoms with E-state index in [1.807, 2.05) is 52.8 Å². The van der Waals surface area contributed by atoms with Gasteiger partial charge < -0.3 is 0 Å². The van der Waals surface area contributed by atoms with E-state index < -0.39 is 5.54 Å². The van der Waals surface area contributed by atoms with Crippen molar-refractivity contribution in [1.82, 2.24) is 10.4 Å². The topological polar surface area (TPSA) is 49.4 Å². The summed E-state index contributed by atoms with van der Waals surface area (Å²) < 4.78 is 0. The van der Waals surface area contributed by atoms with Gasteiger partial charge in [0.25, 0.3) is 5.91 Å². The van der Waals surface area contributed by atoms with Crippen LogP contribution < -0.4 is 5.43 Å². The normalized spacial score (nSPS) is 11.5. The summed E-state index contributed by atoms with van der Waals surface area (Å²) >= 11 is 0. The predicted molar refractivity (Wildman–Crippen MR) is 98.7 cm³/mol. The Balaban J connectivity index is 2.86. The van der Waals surface area contributed by atoms with Gasteiger partial charge in [-0.05, 0) is 59.1 Å². The first-order valence-corrected chi connectivity index (χ1v) is 8.73. The predicted octanol–water partition coefficient (Wildman–Crippen LogP) is 4.40. The molecule has 0 aliphatic heterocycles. The molecule has 0 spiro atoms. The van der Waals surface area contributed by atoms with Crippen LogP contribution in [0.1, 0.15) is 75.4 Å². The van der Waals surface area contributed by atoms with Crippen LogP contribution >= 0.6 is 0 Å². The van der Waals surface area contributed by atoms with Gasteiger partial charge >= 0.3 is 0 Å².